The summed E-state index contributed by atoms with van der Waals surface area (Å²) in [5.41, 5.74) is -4.63. The van der Waals surface area contributed by atoms with Crippen molar-refractivity contribution in [2.45, 2.75) is 24.7 Å². The zero-order valence-corrected chi connectivity index (χ0v) is 15.0. The Morgan fingerprint density at radius 1 is 0.500 bits per heavy atom. The molecule has 0 aromatic heterocycles. The summed E-state index contributed by atoms with van der Waals surface area (Å²) in [4.78, 5) is 21.3. The number of alkyl halides is 12. The van der Waals surface area contributed by atoms with E-state index in [2.05, 4.69) is 0 Å². The van der Waals surface area contributed by atoms with E-state index >= 15 is 0 Å². The number of rotatable bonds is 2. The first-order valence-electron chi connectivity index (χ1n) is 7.82. The molecule has 2 aromatic rings. The minimum Gasteiger partial charge on any atom is -0.284 e. The summed E-state index contributed by atoms with van der Waals surface area (Å²) in [6.45, 7) is 0. The molecule has 0 radical (unpaired) electrons. The molecule has 0 atom stereocenters. The summed E-state index contributed by atoms with van der Waals surface area (Å²) in [5, 5.41) is 0. The van der Waals surface area contributed by atoms with Gasteiger partial charge in [-0.25, -0.2) is 0 Å². The predicted molar refractivity (Wildman–Crippen MR) is 83.7 cm³/mol. The standard InChI is InChI=1S/2C9H4F6O/c2*10-8(11,12)6-3-1-2-5(4-6)7(16)9(13,14)15/h2*1-4H. The van der Waals surface area contributed by atoms with Gasteiger partial charge in [-0.1, -0.05) is 24.3 Å². The van der Waals surface area contributed by atoms with Gasteiger partial charge in [0.05, 0.1) is 11.1 Å². The van der Waals surface area contributed by atoms with E-state index in [0.717, 1.165) is 12.1 Å². The Hall–Kier alpha value is -3.06. The Bertz CT molecular complexity index is 886. The molecule has 2 aromatic carbocycles. The Labute approximate surface area is 170 Å². The molecule has 0 aliphatic rings. The van der Waals surface area contributed by atoms with Crippen molar-refractivity contribution in [3.63, 3.8) is 0 Å². The molecule has 0 bridgehead atoms. The van der Waals surface area contributed by atoms with Crippen LogP contribution in [0.5, 0.6) is 0 Å². The third-order valence-corrected chi connectivity index (χ3v) is 3.42. The summed E-state index contributed by atoms with van der Waals surface area (Å²) in [7, 11) is 0. The largest absolute Gasteiger partial charge is 0.454 e. The normalized spacial score (nSPS) is 12.6. The monoisotopic (exact) mass is 484 g/mol. The summed E-state index contributed by atoms with van der Waals surface area (Å²) in [6.07, 6.45) is -19.9. The van der Waals surface area contributed by atoms with Crippen molar-refractivity contribution in [2.75, 3.05) is 0 Å². The van der Waals surface area contributed by atoms with Crippen LogP contribution in [0.3, 0.4) is 0 Å². The van der Waals surface area contributed by atoms with Crippen LogP contribution < -0.4 is 0 Å². The average Bonchev–Trinajstić information content (AvgIpc) is 2.64. The topological polar surface area (TPSA) is 34.1 Å². The van der Waals surface area contributed by atoms with Crippen LogP contribution in [0.2, 0.25) is 0 Å². The van der Waals surface area contributed by atoms with E-state index < -0.39 is 58.5 Å². The lowest BCUT2D eigenvalue weighted by Crippen LogP contribution is -2.23. The molecule has 32 heavy (non-hydrogen) atoms. The average molecular weight is 484 g/mol. The van der Waals surface area contributed by atoms with Gasteiger partial charge in [0.15, 0.2) is 0 Å². The van der Waals surface area contributed by atoms with Gasteiger partial charge in [0.2, 0.25) is 0 Å². The number of Topliss-reactive ketones (excluding diaryl/α,β-unsaturated/α-hetero) is 2. The molecule has 0 amide bonds. The molecule has 0 aliphatic carbocycles. The second-order valence-corrected chi connectivity index (χ2v) is 5.81. The first kappa shape index (κ1) is 27.0. The quantitative estimate of drug-likeness (QED) is 0.343. The number of carbonyl (C=O) groups is 2. The molecule has 14 heteroatoms. The highest BCUT2D eigenvalue weighted by Crippen LogP contribution is 2.32. The van der Waals surface area contributed by atoms with Crippen molar-refractivity contribution in [3.05, 3.63) is 70.8 Å². The van der Waals surface area contributed by atoms with Crippen LogP contribution in [0, 0.1) is 0 Å². The number of carbonyl (C=O) groups excluding carboxylic acids is 2. The SMILES string of the molecule is O=C(c1cccc(C(F)(F)F)c1)C(F)(F)F.O=C(c1cccc(C(F)(F)F)c1)C(F)(F)F. The maximum atomic E-state index is 12.1. The second-order valence-electron chi connectivity index (χ2n) is 5.81. The van der Waals surface area contributed by atoms with E-state index in [0.29, 0.717) is 24.3 Å². The fourth-order valence-electron chi connectivity index (χ4n) is 2.00. The van der Waals surface area contributed by atoms with E-state index in [1.807, 2.05) is 0 Å². The van der Waals surface area contributed by atoms with Gasteiger partial charge in [0.1, 0.15) is 0 Å². The van der Waals surface area contributed by atoms with Crippen molar-refractivity contribution in [1.29, 1.82) is 0 Å². The van der Waals surface area contributed by atoms with Crippen molar-refractivity contribution in [1.82, 2.24) is 0 Å². The summed E-state index contributed by atoms with van der Waals surface area (Å²) >= 11 is 0. The van der Waals surface area contributed by atoms with E-state index in [4.69, 9.17) is 0 Å². The Morgan fingerprint density at radius 2 is 0.781 bits per heavy atom. The molecule has 2 rings (SSSR count). The molecule has 0 N–H and O–H groups in total. The fourth-order valence-corrected chi connectivity index (χ4v) is 2.00. The summed E-state index contributed by atoms with van der Waals surface area (Å²) in [6, 6.07) is 4.41. The Morgan fingerprint density at radius 3 is 1.00 bits per heavy atom. The third-order valence-electron chi connectivity index (χ3n) is 3.42. The number of hydrogen-bond acceptors (Lipinski definition) is 2. The lowest BCUT2D eigenvalue weighted by atomic mass is 10.1. The lowest BCUT2D eigenvalue weighted by Gasteiger charge is -2.09. The van der Waals surface area contributed by atoms with Gasteiger partial charge in [-0.15, -0.1) is 0 Å². The Kier molecular flexibility index (Phi) is 7.76. The number of halogens is 12. The first-order valence-corrected chi connectivity index (χ1v) is 7.82. The van der Waals surface area contributed by atoms with E-state index in [-0.39, 0.29) is 12.1 Å². The van der Waals surface area contributed by atoms with Crippen molar-refractivity contribution in [2.24, 2.45) is 0 Å². The first-order chi connectivity index (χ1) is 14.2. The van der Waals surface area contributed by atoms with Gasteiger partial charge in [-0.3, -0.25) is 9.59 Å². The summed E-state index contributed by atoms with van der Waals surface area (Å²) in [5.74, 6) is -4.59. The van der Waals surface area contributed by atoms with E-state index in [9.17, 15) is 62.3 Å². The molecule has 0 saturated heterocycles. The second kappa shape index (κ2) is 9.20. The third kappa shape index (κ3) is 7.57. The number of benzene rings is 2. The van der Waals surface area contributed by atoms with Crippen molar-refractivity contribution >= 4 is 11.6 Å². The van der Waals surface area contributed by atoms with Gasteiger partial charge in [0, 0.05) is 11.1 Å². The van der Waals surface area contributed by atoms with Crippen LogP contribution in [-0.2, 0) is 12.4 Å². The van der Waals surface area contributed by atoms with Gasteiger partial charge in [0.25, 0.3) is 11.6 Å². The maximum absolute atomic E-state index is 12.1. The number of ketones is 2. The molecule has 0 heterocycles. The van der Waals surface area contributed by atoms with Crippen LogP contribution in [-0.4, -0.2) is 23.9 Å². The molecular weight excluding hydrogens is 476 g/mol. The highest BCUT2D eigenvalue weighted by Gasteiger charge is 2.41. The molecule has 2 nitrogen and oxygen atoms in total. The maximum Gasteiger partial charge on any atom is 0.454 e. The minimum absolute atomic E-state index is 0.176. The van der Waals surface area contributed by atoms with Crippen LogP contribution in [0.15, 0.2) is 48.5 Å². The van der Waals surface area contributed by atoms with Gasteiger partial charge >= 0.3 is 24.7 Å². The number of hydrogen-bond donors (Lipinski definition) is 0. The van der Waals surface area contributed by atoms with Crippen molar-refractivity contribution in [3.8, 4) is 0 Å². The minimum atomic E-state index is -5.18. The highest BCUT2D eigenvalue weighted by atomic mass is 19.4. The highest BCUT2D eigenvalue weighted by molar-refractivity contribution is 6.00. The van der Waals surface area contributed by atoms with E-state index in [1.165, 1.54) is 0 Å². The fraction of sp³-hybridized carbons (Fsp3) is 0.222. The molecule has 0 aliphatic heterocycles. The molecule has 0 fully saturated rings. The van der Waals surface area contributed by atoms with Crippen LogP contribution in [0.25, 0.3) is 0 Å². The molecular formula is C18H8F12O2. The molecule has 176 valence electrons. The smallest absolute Gasteiger partial charge is 0.284 e. The van der Waals surface area contributed by atoms with Gasteiger partial charge in [-0.05, 0) is 24.3 Å². The van der Waals surface area contributed by atoms with Crippen molar-refractivity contribution < 1.29 is 62.3 Å². The zero-order chi connectivity index (χ0) is 25.1. The van der Waals surface area contributed by atoms with Gasteiger partial charge < -0.3 is 0 Å². The van der Waals surface area contributed by atoms with Crippen LogP contribution in [0.4, 0.5) is 52.7 Å². The lowest BCUT2D eigenvalue weighted by molar-refractivity contribution is -0.138. The molecule has 0 unspecified atom stereocenters. The zero-order valence-electron chi connectivity index (χ0n) is 15.0. The molecule has 0 saturated carbocycles. The summed E-state index contributed by atoms with van der Waals surface area (Å²) < 4.78 is 144. The molecule has 0 spiro atoms. The van der Waals surface area contributed by atoms with Crippen LogP contribution >= 0.6 is 0 Å². The van der Waals surface area contributed by atoms with E-state index in [1.54, 1.807) is 0 Å². The predicted octanol–water partition coefficient (Wildman–Crippen LogP) is 6.90. The Balaban J connectivity index is 0.000000320. The van der Waals surface area contributed by atoms with Crippen LogP contribution in [0.1, 0.15) is 31.8 Å². The van der Waals surface area contributed by atoms with Gasteiger partial charge in [-0.2, -0.15) is 52.7 Å².